The zero-order valence-corrected chi connectivity index (χ0v) is 10.4. The second-order valence-corrected chi connectivity index (χ2v) is 6.15. The van der Waals surface area contributed by atoms with Crippen LogP contribution in [0.25, 0.3) is 0 Å². The molecule has 0 radical (unpaired) electrons. The Kier molecular flexibility index (Phi) is 3.70. The van der Waals surface area contributed by atoms with Gasteiger partial charge in [-0.3, -0.25) is 0 Å². The first-order valence-electron chi connectivity index (χ1n) is 5.04. The third kappa shape index (κ3) is 3.28. The molecule has 0 aromatic heterocycles. The zero-order chi connectivity index (χ0) is 12.4. The highest BCUT2D eigenvalue weighted by Gasteiger charge is 2.25. The Balaban J connectivity index is 2.98. The van der Waals surface area contributed by atoms with E-state index in [9.17, 15) is 12.8 Å². The molecule has 1 rings (SSSR count). The molecule has 0 aliphatic rings. The topological polar surface area (TPSA) is 46.2 Å². The first-order chi connectivity index (χ1) is 7.27. The Morgan fingerprint density at radius 2 is 1.75 bits per heavy atom. The summed E-state index contributed by atoms with van der Waals surface area (Å²) in [5.74, 6) is -0.310. The second kappa shape index (κ2) is 4.51. The summed E-state index contributed by atoms with van der Waals surface area (Å²) < 4.78 is 38.2. The van der Waals surface area contributed by atoms with Crippen LogP contribution in [0.2, 0.25) is 0 Å². The number of rotatable bonds is 4. The van der Waals surface area contributed by atoms with Gasteiger partial charge in [0.2, 0.25) is 10.0 Å². The lowest BCUT2D eigenvalue weighted by Gasteiger charge is -2.26. The highest BCUT2D eigenvalue weighted by Crippen LogP contribution is 2.21. The van der Waals surface area contributed by atoms with E-state index in [1.165, 1.54) is 12.1 Å². The monoisotopic (exact) mass is 245 g/mol. The maximum absolute atomic E-state index is 12.7. The highest BCUT2D eigenvalue weighted by atomic mass is 32.2. The van der Waals surface area contributed by atoms with Crippen LogP contribution in [-0.4, -0.2) is 14.2 Å². The first kappa shape index (κ1) is 13.1. The number of nitrogens with one attached hydrogen (secondary N) is 1. The summed E-state index contributed by atoms with van der Waals surface area (Å²) in [7, 11) is -3.28. The van der Waals surface area contributed by atoms with Gasteiger partial charge in [0, 0.05) is 0 Å². The molecule has 90 valence electrons. The third-order valence-electron chi connectivity index (χ3n) is 2.36. The fourth-order valence-electron chi connectivity index (χ4n) is 1.39. The molecule has 0 spiro atoms. The van der Waals surface area contributed by atoms with Gasteiger partial charge in [-0.05, 0) is 38.5 Å². The van der Waals surface area contributed by atoms with Crippen LogP contribution < -0.4 is 4.72 Å². The zero-order valence-electron chi connectivity index (χ0n) is 9.62. The van der Waals surface area contributed by atoms with Crippen molar-refractivity contribution in [1.29, 1.82) is 0 Å². The minimum atomic E-state index is -3.28. The molecule has 0 atom stereocenters. The molecule has 0 saturated carbocycles. The molecule has 5 heteroatoms. The molecule has 0 amide bonds. The van der Waals surface area contributed by atoms with Gasteiger partial charge in [-0.1, -0.05) is 12.1 Å². The van der Waals surface area contributed by atoms with Crippen molar-refractivity contribution in [1.82, 2.24) is 4.72 Å². The van der Waals surface area contributed by atoms with E-state index in [2.05, 4.69) is 4.72 Å². The van der Waals surface area contributed by atoms with Gasteiger partial charge in [0.05, 0.1) is 11.3 Å². The van der Waals surface area contributed by atoms with Gasteiger partial charge in [0.15, 0.2) is 0 Å². The van der Waals surface area contributed by atoms with Crippen LogP contribution in [-0.2, 0) is 15.6 Å². The van der Waals surface area contributed by atoms with Crippen molar-refractivity contribution in [3.63, 3.8) is 0 Å². The van der Waals surface area contributed by atoms with Crippen LogP contribution in [0.5, 0.6) is 0 Å². The number of benzene rings is 1. The van der Waals surface area contributed by atoms with E-state index in [0.717, 1.165) is 5.56 Å². The number of halogens is 1. The minimum Gasteiger partial charge on any atom is -0.212 e. The molecule has 0 unspecified atom stereocenters. The van der Waals surface area contributed by atoms with Gasteiger partial charge in [-0.15, -0.1) is 0 Å². The predicted octanol–water partition coefficient (Wildman–Crippen LogP) is 2.00. The molecule has 1 aromatic carbocycles. The summed E-state index contributed by atoms with van der Waals surface area (Å²) in [5, 5.41) is 0. The van der Waals surface area contributed by atoms with Crippen molar-refractivity contribution in [3.05, 3.63) is 35.6 Å². The Hall–Kier alpha value is -0.940. The highest BCUT2D eigenvalue weighted by molar-refractivity contribution is 7.89. The molecular weight excluding hydrogens is 229 g/mol. The SMILES string of the molecule is CCS(=O)(=O)NC(C)(C)c1ccc(F)cc1. The van der Waals surface area contributed by atoms with Gasteiger partial charge >= 0.3 is 0 Å². The fourth-order valence-corrected chi connectivity index (χ4v) is 2.43. The van der Waals surface area contributed by atoms with Gasteiger partial charge < -0.3 is 0 Å². The van der Waals surface area contributed by atoms with Crippen molar-refractivity contribution in [2.45, 2.75) is 26.3 Å². The molecular formula is C11H16FNO2S. The fraction of sp³-hybridized carbons (Fsp3) is 0.455. The Morgan fingerprint density at radius 1 is 1.25 bits per heavy atom. The third-order valence-corrected chi connectivity index (χ3v) is 3.94. The smallest absolute Gasteiger partial charge is 0.212 e. The van der Waals surface area contributed by atoms with Gasteiger partial charge in [-0.2, -0.15) is 0 Å². The normalized spacial score (nSPS) is 12.8. The second-order valence-electron chi connectivity index (χ2n) is 4.14. The van der Waals surface area contributed by atoms with Crippen molar-refractivity contribution < 1.29 is 12.8 Å². The van der Waals surface area contributed by atoms with E-state index in [0.29, 0.717) is 0 Å². The lowest BCUT2D eigenvalue weighted by Crippen LogP contribution is -2.41. The van der Waals surface area contributed by atoms with Crippen molar-refractivity contribution in [2.24, 2.45) is 0 Å². The molecule has 1 N–H and O–H groups in total. The molecule has 0 aliphatic carbocycles. The van der Waals surface area contributed by atoms with Gasteiger partial charge in [0.1, 0.15) is 5.82 Å². The Labute approximate surface area is 95.7 Å². The first-order valence-corrected chi connectivity index (χ1v) is 6.70. The van der Waals surface area contributed by atoms with Crippen molar-refractivity contribution in [3.8, 4) is 0 Å². The molecule has 16 heavy (non-hydrogen) atoms. The van der Waals surface area contributed by atoms with E-state index in [4.69, 9.17) is 0 Å². The average molecular weight is 245 g/mol. The maximum Gasteiger partial charge on any atom is 0.212 e. The molecule has 1 aromatic rings. The van der Waals surface area contributed by atoms with Crippen LogP contribution in [0.15, 0.2) is 24.3 Å². The molecule has 0 heterocycles. The van der Waals surface area contributed by atoms with E-state index in [-0.39, 0.29) is 11.6 Å². The quantitative estimate of drug-likeness (QED) is 0.882. The summed E-state index contributed by atoms with van der Waals surface area (Å²) in [6, 6.07) is 5.79. The molecule has 0 bridgehead atoms. The maximum atomic E-state index is 12.7. The molecule has 3 nitrogen and oxygen atoms in total. The van der Waals surface area contributed by atoms with Crippen LogP contribution in [0.3, 0.4) is 0 Å². The standard InChI is InChI=1S/C11H16FNO2S/c1-4-16(14,15)13-11(2,3)9-5-7-10(12)8-6-9/h5-8,13H,4H2,1-3H3. The Bertz CT molecular complexity index is 451. The summed E-state index contributed by atoms with van der Waals surface area (Å²) in [6.07, 6.45) is 0. The predicted molar refractivity (Wildman–Crippen MR) is 62.0 cm³/mol. The minimum absolute atomic E-state index is 0.0254. The number of hydrogen-bond acceptors (Lipinski definition) is 2. The molecule has 0 aliphatic heterocycles. The average Bonchev–Trinajstić information content (AvgIpc) is 2.17. The number of sulfonamides is 1. The van der Waals surface area contributed by atoms with Crippen molar-refractivity contribution >= 4 is 10.0 Å². The van der Waals surface area contributed by atoms with E-state index in [1.54, 1.807) is 32.9 Å². The molecule has 0 saturated heterocycles. The van der Waals surface area contributed by atoms with Gasteiger partial charge in [0.25, 0.3) is 0 Å². The van der Waals surface area contributed by atoms with E-state index in [1.807, 2.05) is 0 Å². The Morgan fingerprint density at radius 3 is 2.19 bits per heavy atom. The van der Waals surface area contributed by atoms with Crippen LogP contribution in [0.4, 0.5) is 4.39 Å². The summed E-state index contributed by atoms with van der Waals surface area (Å²) in [6.45, 7) is 5.06. The largest absolute Gasteiger partial charge is 0.212 e. The summed E-state index contributed by atoms with van der Waals surface area (Å²) in [5.41, 5.74) is -0.00588. The summed E-state index contributed by atoms with van der Waals surface area (Å²) in [4.78, 5) is 0. The van der Waals surface area contributed by atoms with Gasteiger partial charge in [-0.25, -0.2) is 17.5 Å². The lowest BCUT2D eigenvalue weighted by molar-refractivity contribution is 0.471. The van der Waals surface area contributed by atoms with Crippen LogP contribution >= 0.6 is 0 Å². The molecule has 0 fully saturated rings. The van der Waals surface area contributed by atoms with E-state index < -0.39 is 15.6 Å². The van der Waals surface area contributed by atoms with Crippen LogP contribution in [0, 0.1) is 5.82 Å². The lowest BCUT2D eigenvalue weighted by atomic mass is 9.96. The van der Waals surface area contributed by atoms with Crippen molar-refractivity contribution in [2.75, 3.05) is 5.75 Å². The van der Waals surface area contributed by atoms with E-state index >= 15 is 0 Å². The summed E-state index contributed by atoms with van der Waals surface area (Å²) >= 11 is 0. The van der Waals surface area contributed by atoms with Crippen LogP contribution in [0.1, 0.15) is 26.3 Å². The number of hydrogen-bond donors (Lipinski definition) is 1.